The van der Waals surface area contributed by atoms with Gasteiger partial charge in [-0.25, -0.2) is 0 Å². The maximum Gasteiger partial charge on any atom is 0.303 e. The van der Waals surface area contributed by atoms with Crippen LogP contribution in [0, 0.1) is 23.7 Å². The van der Waals surface area contributed by atoms with Crippen molar-refractivity contribution in [1.82, 2.24) is 0 Å². The number of ketones is 1. The van der Waals surface area contributed by atoms with Gasteiger partial charge in [0.15, 0.2) is 0 Å². The molecular weight excluding hydrogens is 328 g/mol. The Hall–Kier alpha value is -1.16. The minimum atomic E-state index is -0.728. The molecule has 0 spiro atoms. The van der Waals surface area contributed by atoms with Gasteiger partial charge in [-0.05, 0) is 56.3 Å². The lowest BCUT2D eigenvalue weighted by molar-refractivity contribution is -0.137. The predicted molar refractivity (Wildman–Crippen MR) is 101 cm³/mol. The number of aliphatic hydroxyl groups is 1. The number of rotatable bonds is 10. The maximum atomic E-state index is 12.8. The van der Waals surface area contributed by atoms with Gasteiger partial charge < -0.3 is 10.2 Å². The molecule has 0 unspecified atom stereocenters. The Morgan fingerprint density at radius 1 is 1.08 bits per heavy atom. The van der Waals surface area contributed by atoms with E-state index in [1.807, 2.05) is 0 Å². The number of carboxylic acids is 1. The molecule has 0 radical (unpaired) electrons. The van der Waals surface area contributed by atoms with Crippen LogP contribution in [0.4, 0.5) is 0 Å². The second-order valence-corrected chi connectivity index (χ2v) is 8.80. The number of hydrogen-bond acceptors (Lipinski definition) is 3. The van der Waals surface area contributed by atoms with E-state index in [0.29, 0.717) is 24.7 Å². The molecule has 0 aromatic heterocycles. The first-order valence-electron chi connectivity index (χ1n) is 10.7. The average Bonchev–Trinajstić information content (AvgIpc) is 3.27. The standard InChI is InChI=1S/C22H34O4/c23-19(10-5-9-15-6-1-2-7-15)22-18-13-16(8-3-4-11-21(25)26)12-17(18)14-20(22)24/h12,15,17-18,20,22,24H,1-11,13-14H2,(H,25,26)/t17-,18-,20+,22-/m1/s1. The topological polar surface area (TPSA) is 74.6 Å². The first-order valence-corrected chi connectivity index (χ1v) is 10.7. The molecule has 0 amide bonds. The third kappa shape index (κ3) is 4.97. The van der Waals surface area contributed by atoms with Crippen LogP contribution in [0.25, 0.3) is 0 Å². The van der Waals surface area contributed by atoms with Gasteiger partial charge in [-0.1, -0.05) is 43.8 Å². The van der Waals surface area contributed by atoms with Gasteiger partial charge in [0.2, 0.25) is 0 Å². The summed E-state index contributed by atoms with van der Waals surface area (Å²) < 4.78 is 0. The molecule has 2 fully saturated rings. The van der Waals surface area contributed by atoms with Gasteiger partial charge in [0, 0.05) is 18.8 Å². The number of fused-ring (bicyclic) bond motifs is 1. The van der Waals surface area contributed by atoms with Gasteiger partial charge in [0.25, 0.3) is 0 Å². The van der Waals surface area contributed by atoms with Crippen LogP contribution >= 0.6 is 0 Å². The number of hydrogen-bond donors (Lipinski definition) is 2. The van der Waals surface area contributed by atoms with E-state index in [-0.39, 0.29) is 18.1 Å². The monoisotopic (exact) mass is 362 g/mol. The Morgan fingerprint density at radius 3 is 2.58 bits per heavy atom. The van der Waals surface area contributed by atoms with E-state index in [4.69, 9.17) is 5.11 Å². The van der Waals surface area contributed by atoms with E-state index in [2.05, 4.69) is 6.08 Å². The summed E-state index contributed by atoms with van der Waals surface area (Å²) in [5.41, 5.74) is 1.38. The minimum absolute atomic E-state index is 0.170. The molecule has 2 N–H and O–H groups in total. The van der Waals surface area contributed by atoms with Crippen molar-refractivity contribution >= 4 is 11.8 Å². The quantitative estimate of drug-likeness (QED) is 0.443. The number of aliphatic carboxylic acids is 1. The van der Waals surface area contributed by atoms with E-state index < -0.39 is 12.1 Å². The summed E-state index contributed by atoms with van der Waals surface area (Å²) in [6.45, 7) is 0. The summed E-state index contributed by atoms with van der Waals surface area (Å²) in [5.74, 6) is 0.852. The van der Waals surface area contributed by atoms with Crippen LogP contribution in [-0.4, -0.2) is 28.1 Å². The zero-order valence-corrected chi connectivity index (χ0v) is 15.9. The third-order valence-electron chi connectivity index (χ3n) is 6.91. The van der Waals surface area contributed by atoms with Crippen LogP contribution in [0.15, 0.2) is 11.6 Å². The fraction of sp³-hybridized carbons (Fsp3) is 0.818. The number of carboxylic acid groups (broad SMARTS) is 1. The van der Waals surface area contributed by atoms with Crippen LogP contribution in [0.1, 0.15) is 83.5 Å². The highest BCUT2D eigenvalue weighted by Gasteiger charge is 2.47. The van der Waals surface area contributed by atoms with Crippen molar-refractivity contribution in [3.05, 3.63) is 11.6 Å². The number of carbonyl (C=O) groups excluding carboxylic acids is 1. The number of aliphatic hydroxyl groups excluding tert-OH is 1. The maximum absolute atomic E-state index is 12.8. The Labute approximate surface area is 157 Å². The van der Waals surface area contributed by atoms with Crippen molar-refractivity contribution in [1.29, 1.82) is 0 Å². The first kappa shape index (κ1) is 19.6. The molecule has 2 saturated carbocycles. The van der Waals surface area contributed by atoms with Gasteiger partial charge in [-0.3, -0.25) is 9.59 Å². The van der Waals surface area contributed by atoms with Crippen molar-refractivity contribution in [3.63, 3.8) is 0 Å². The van der Waals surface area contributed by atoms with E-state index >= 15 is 0 Å². The van der Waals surface area contributed by atoms with Crippen molar-refractivity contribution < 1.29 is 19.8 Å². The third-order valence-corrected chi connectivity index (χ3v) is 6.91. The second kappa shape index (κ2) is 9.16. The molecule has 146 valence electrons. The molecule has 0 heterocycles. The summed E-state index contributed by atoms with van der Waals surface area (Å²) in [5, 5.41) is 19.1. The summed E-state index contributed by atoms with van der Waals surface area (Å²) in [6.07, 6.45) is 14.4. The molecule has 4 atom stereocenters. The van der Waals surface area contributed by atoms with Crippen LogP contribution in [0.3, 0.4) is 0 Å². The highest BCUT2D eigenvalue weighted by atomic mass is 16.4. The SMILES string of the molecule is O=C(O)CCCCC1=C[C@@H]2C[C@H](O)[C@@H](C(=O)CCCC3CCCC3)[C@@H]2C1. The predicted octanol–water partition coefficient (Wildman–Crippen LogP) is 4.50. The lowest BCUT2D eigenvalue weighted by Crippen LogP contribution is -2.28. The minimum Gasteiger partial charge on any atom is -0.481 e. The molecule has 3 rings (SSSR count). The molecule has 0 aromatic carbocycles. The first-order chi connectivity index (χ1) is 12.5. The molecule has 4 nitrogen and oxygen atoms in total. The van der Waals surface area contributed by atoms with Crippen LogP contribution < -0.4 is 0 Å². The zero-order valence-electron chi connectivity index (χ0n) is 15.9. The normalized spacial score (nSPS) is 31.2. The lowest BCUT2D eigenvalue weighted by atomic mass is 9.84. The van der Waals surface area contributed by atoms with Gasteiger partial charge in [0.05, 0.1) is 6.10 Å². The fourth-order valence-corrected chi connectivity index (χ4v) is 5.59. The van der Waals surface area contributed by atoms with Gasteiger partial charge in [0.1, 0.15) is 5.78 Å². The molecule has 0 bridgehead atoms. The summed E-state index contributed by atoms with van der Waals surface area (Å²) >= 11 is 0. The fourth-order valence-electron chi connectivity index (χ4n) is 5.59. The second-order valence-electron chi connectivity index (χ2n) is 8.80. The largest absolute Gasteiger partial charge is 0.481 e. The smallest absolute Gasteiger partial charge is 0.303 e. The Morgan fingerprint density at radius 2 is 1.85 bits per heavy atom. The molecule has 0 saturated heterocycles. The van der Waals surface area contributed by atoms with Gasteiger partial charge in [-0.15, -0.1) is 0 Å². The summed E-state index contributed by atoms with van der Waals surface area (Å²) in [6, 6.07) is 0. The molecule has 4 heteroatoms. The highest BCUT2D eigenvalue weighted by molar-refractivity contribution is 5.82. The molecule has 26 heavy (non-hydrogen) atoms. The van der Waals surface area contributed by atoms with Crippen LogP contribution in [0.5, 0.6) is 0 Å². The molecule has 0 aromatic rings. The van der Waals surface area contributed by atoms with E-state index in [9.17, 15) is 14.7 Å². The number of unbranched alkanes of at least 4 members (excludes halogenated alkanes) is 1. The van der Waals surface area contributed by atoms with Gasteiger partial charge in [-0.2, -0.15) is 0 Å². The van der Waals surface area contributed by atoms with Gasteiger partial charge >= 0.3 is 5.97 Å². The Kier molecular flexibility index (Phi) is 6.91. The lowest BCUT2D eigenvalue weighted by Gasteiger charge is -2.21. The Bertz CT molecular complexity index is 532. The van der Waals surface area contributed by atoms with Crippen molar-refractivity contribution in [3.8, 4) is 0 Å². The highest BCUT2D eigenvalue weighted by Crippen LogP contribution is 2.48. The number of allylic oxidation sites excluding steroid dienone is 2. The van der Waals surface area contributed by atoms with E-state index in [1.165, 1.54) is 37.7 Å². The van der Waals surface area contributed by atoms with Crippen molar-refractivity contribution in [2.45, 2.75) is 89.6 Å². The summed E-state index contributed by atoms with van der Waals surface area (Å²) in [7, 11) is 0. The zero-order chi connectivity index (χ0) is 18.5. The molecule has 3 aliphatic rings. The Balaban J connectivity index is 1.43. The van der Waals surface area contributed by atoms with E-state index in [0.717, 1.165) is 38.0 Å². The summed E-state index contributed by atoms with van der Waals surface area (Å²) in [4.78, 5) is 23.4. The van der Waals surface area contributed by atoms with E-state index in [1.54, 1.807) is 0 Å². The van der Waals surface area contributed by atoms with Crippen LogP contribution in [0.2, 0.25) is 0 Å². The van der Waals surface area contributed by atoms with Crippen molar-refractivity contribution in [2.24, 2.45) is 23.7 Å². The van der Waals surface area contributed by atoms with Crippen LogP contribution in [-0.2, 0) is 9.59 Å². The van der Waals surface area contributed by atoms with Crippen molar-refractivity contribution in [2.75, 3.05) is 0 Å². The average molecular weight is 363 g/mol. The number of carbonyl (C=O) groups is 2. The molecular formula is C22H34O4. The number of Topliss-reactive ketones (excluding diaryl/α,β-unsaturated/α-hetero) is 1. The molecule has 3 aliphatic carbocycles. The molecule has 0 aliphatic heterocycles.